The zero-order chi connectivity index (χ0) is 12.7. The van der Waals surface area contributed by atoms with Crippen molar-refractivity contribution >= 4 is 15.9 Å². The second kappa shape index (κ2) is 7.69. The molecule has 0 amide bonds. The molecule has 0 radical (unpaired) electrons. The minimum absolute atomic E-state index is 0.522. The van der Waals surface area contributed by atoms with Crippen molar-refractivity contribution in [1.82, 2.24) is 4.90 Å². The van der Waals surface area contributed by atoms with E-state index in [1.54, 1.807) is 0 Å². The van der Waals surface area contributed by atoms with Crippen molar-refractivity contribution in [1.29, 1.82) is 0 Å². The highest BCUT2D eigenvalue weighted by Crippen LogP contribution is 2.22. The number of ether oxygens (including phenoxy) is 1. The Bertz CT molecular complexity index is 340. The van der Waals surface area contributed by atoms with Crippen LogP contribution < -0.4 is 10.5 Å². The van der Waals surface area contributed by atoms with Crippen LogP contribution in [0.3, 0.4) is 0 Å². The van der Waals surface area contributed by atoms with Crippen LogP contribution in [0.25, 0.3) is 0 Å². The summed E-state index contributed by atoms with van der Waals surface area (Å²) in [6.45, 7) is 8.65. The summed E-state index contributed by atoms with van der Waals surface area (Å²) in [5.41, 5.74) is 6.72. The molecule has 0 aliphatic rings. The van der Waals surface area contributed by atoms with Crippen molar-refractivity contribution in [2.24, 2.45) is 5.73 Å². The highest BCUT2D eigenvalue weighted by Gasteiger charge is 2.02. The maximum atomic E-state index is 5.72. The van der Waals surface area contributed by atoms with Crippen LogP contribution >= 0.6 is 15.9 Å². The lowest BCUT2D eigenvalue weighted by Crippen LogP contribution is -2.27. The molecule has 0 aromatic heterocycles. The summed E-state index contributed by atoms with van der Waals surface area (Å²) in [6.07, 6.45) is 0. The van der Waals surface area contributed by atoms with Crippen molar-refractivity contribution in [2.45, 2.75) is 20.4 Å². The quantitative estimate of drug-likeness (QED) is 0.841. The maximum Gasteiger partial charge on any atom is 0.119 e. The minimum atomic E-state index is 0.522. The van der Waals surface area contributed by atoms with Crippen molar-refractivity contribution in [2.75, 3.05) is 26.2 Å². The van der Waals surface area contributed by atoms with E-state index >= 15 is 0 Å². The van der Waals surface area contributed by atoms with Gasteiger partial charge >= 0.3 is 0 Å². The summed E-state index contributed by atoms with van der Waals surface area (Å²) >= 11 is 3.46. The highest BCUT2D eigenvalue weighted by molar-refractivity contribution is 9.10. The molecule has 1 aromatic carbocycles. The molecule has 17 heavy (non-hydrogen) atoms. The molecule has 0 aliphatic heterocycles. The van der Waals surface area contributed by atoms with E-state index in [-0.39, 0.29) is 0 Å². The van der Waals surface area contributed by atoms with E-state index in [4.69, 9.17) is 10.5 Å². The summed E-state index contributed by atoms with van der Waals surface area (Å²) < 4.78 is 6.76. The summed E-state index contributed by atoms with van der Waals surface area (Å²) in [6, 6.07) is 5.94. The van der Waals surface area contributed by atoms with Gasteiger partial charge in [-0.05, 0) is 36.9 Å². The molecule has 0 bridgehead atoms. The summed E-state index contributed by atoms with van der Waals surface area (Å²) in [5, 5.41) is 0. The molecule has 1 aromatic rings. The predicted octanol–water partition coefficient (Wildman–Crippen LogP) is 2.63. The van der Waals surface area contributed by atoms with Gasteiger partial charge in [0.15, 0.2) is 0 Å². The molecular weight excluding hydrogens is 280 g/mol. The van der Waals surface area contributed by atoms with Gasteiger partial charge in [0.2, 0.25) is 0 Å². The summed E-state index contributed by atoms with van der Waals surface area (Å²) in [5.74, 6) is 0.890. The smallest absolute Gasteiger partial charge is 0.119 e. The number of halogens is 1. The van der Waals surface area contributed by atoms with E-state index in [0.717, 1.165) is 35.4 Å². The number of hydrogen-bond donors (Lipinski definition) is 1. The van der Waals surface area contributed by atoms with Gasteiger partial charge in [0.25, 0.3) is 0 Å². The van der Waals surface area contributed by atoms with Gasteiger partial charge in [0.1, 0.15) is 12.4 Å². The first kappa shape index (κ1) is 14.5. The molecule has 4 heteroatoms. The van der Waals surface area contributed by atoms with Gasteiger partial charge in [-0.2, -0.15) is 0 Å². The molecule has 3 nitrogen and oxygen atoms in total. The number of nitrogens with zero attached hydrogens (tertiary/aromatic N) is 1. The van der Waals surface area contributed by atoms with Gasteiger partial charge in [-0.25, -0.2) is 0 Å². The Labute approximate surface area is 112 Å². The predicted molar refractivity (Wildman–Crippen MR) is 75.3 cm³/mol. The first-order valence-corrected chi connectivity index (χ1v) is 6.84. The number of benzene rings is 1. The Kier molecular flexibility index (Phi) is 6.55. The van der Waals surface area contributed by atoms with Crippen molar-refractivity contribution < 1.29 is 4.74 Å². The molecule has 0 atom stereocenters. The summed E-state index contributed by atoms with van der Waals surface area (Å²) in [4.78, 5) is 2.34. The molecule has 0 heterocycles. The van der Waals surface area contributed by atoms with Gasteiger partial charge in [0.05, 0.1) is 0 Å². The van der Waals surface area contributed by atoms with E-state index in [2.05, 4.69) is 34.7 Å². The molecule has 96 valence electrons. The van der Waals surface area contributed by atoms with Gasteiger partial charge < -0.3 is 15.4 Å². The molecule has 0 unspecified atom stereocenters. The van der Waals surface area contributed by atoms with E-state index in [1.807, 2.05) is 18.2 Å². The molecule has 0 aliphatic carbocycles. The Morgan fingerprint density at radius 3 is 2.59 bits per heavy atom. The average Bonchev–Trinajstić information content (AvgIpc) is 2.36. The topological polar surface area (TPSA) is 38.5 Å². The molecule has 0 saturated heterocycles. The molecule has 0 saturated carbocycles. The van der Waals surface area contributed by atoms with Gasteiger partial charge in [0, 0.05) is 17.6 Å². The third-order valence-corrected chi connectivity index (χ3v) is 3.58. The second-order valence-corrected chi connectivity index (χ2v) is 4.69. The van der Waals surface area contributed by atoms with Crippen LogP contribution in [0.15, 0.2) is 22.7 Å². The van der Waals surface area contributed by atoms with E-state index < -0.39 is 0 Å². The van der Waals surface area contributed by atoms with E-state index in [0.29, 0.717) is 13.2 Å². The van der Waals surface area contributed by atoms with Crippen molar-refractivity contribution in [3.05, 3.63) is 28.2 Å². The van der Waals surface area contributed by atoms with Gasteiger partial charge in [-0.3, -0.25) is 0 Å². The van der Waals surface area contributed by atoms with Gasteiger partial charge in [-0.1, -0.05) is 29.8 Å². The average molecular weight is 301 g/mol. The fourth-order valence-electron chi connectivity index (χ4n) is 1.63. The van der Waals surface area contributed by atoms with Crippen LogP contribution in [-0.4, -0.2) is 31.1 Å². The lowest BCUT2D eigenvalue weighted by Gasteiger charge is -2.18. The molecule has 0 spiro atoms. The van der Waals surface area contributed by atoms with Crippen molar-refractivity contribution in [3.8, 4) is 5.75 Å². The first-order chi connectivity index (χ1) is 8.21. The third kappa shape index (κ3) is 4.66. The number of nitrogens with two attached hydrogens (primary N) is 1. The number of rotatable bonds is 7. The third-order valence-electron chi connectivity index (χ3n) is 2.81. The number of hydrogen-bond acceptors (Lipinski definition) is 3. The molecule has 0 fully saturated rings. The Morgan fingerprint density at radius 2 is 2.00 bits per heavy atom. The lowest BCUT2D eigenvalue weighted by atomic mass is 10.2. The zero-order valence-electron chi connectivity index (χ0n) is 10.6. The fourth-order valence-corrected chi connectivity index (χ4v) is 2.04. The Balaban J connectivity index is 2.46. The van der Waals surface area contributed by atoms with Crippen LogP contribution in [0.1, 0.15) is 19.4 Å². The maximum absolute atomic E-state index is 5.72. The van der Waals surface area contributed by atoms with Crippen LogP contribution in [-0.2, 0) is 6.54 Å². The Morgan fingerprint density at radius 1 is 1.29 bits per heavy atom. The molecule has 2 N–H and O–H groups in total. The van der Waals surface area contributed by atoms with Crippen LogP contribution in [0.5, 0.6) is 5.75 Å². The van der Waals surface area contributed by atoms with Gasteiger partial charge in [-0.15, -0.1) is 0 Å². The molecular formula is C13H21BrN2O. The van der Waals surface area contributed by atoms with E-state index in [9.17, 15) is 0 Å². The normalized spacial score (nSPS) is 10.9. The minimum Gasteiger partial charge on any atom is -0.492 e. The number of likely N-dealkylation sites (N-methyl/N-ethyl adjacent to an activating group) is 1. The molecule has 1 rings (SSSR count). The lowest BCUT2D eigenvalue weighted by molar-refractivity contribution is 0.222. The van der Waals surface area contributed by atoms with E-state index in [1.165, 1.54) is 0 Å². The summed E-state index contributed by atoms with van der Waals surface area (Å²) in [7, 11) is 0. The highest BCUT2D eigenvalue weighted by atomic mass is 79.9. The van der Waals surface area contributed by atoms with Crippen LogP contribution in [0, 0.1) is 0 Å². The van der Waals surface area contributed by atoms with Crippen LogP contribution in [0.4, 0.5) is 0 Å². The SMILES string of the molecule is CCN(CC)CCOc1ccc(Br)c(CN)c1. The fraction of sp³-hybridized carbons (Fsp3) is 0.538. The zero-order valence-corrected chi connectivity index (χ0v) is 12.2. The monoisotopic (exact) mass is 300 g/mol. The van der Waals surface area contributed by atoms with Crippen molar-refractivity contribution in [3.63, 3.8) is 0 Å². The first-order valence-electron chi connectivity index (χ1n) is 6.04. The second-order valence-electron chi connectivity index (χ2n) is 3.83. The van der Waals surface area contributed by atoms with Crippen LogP contribution in [0.2, 0.25) is 0 Å². The standard InChI is InChI=1S/C13H21BrN2O/c1-3-16(4-2)7-8-17-12-5-6-13(14)11(9-12)10-15/h5-6,9H,3-4,7-8,10,15H2,1-2H3. The largest absolute Gasteiger partial charge is 0.492 e. The Hall–Kier alpha value is -0.580.